The van der Waals surface area contributed by atoms with Gasteiger partial charge in [0, 0.05) is 37.4 Å². The Morgan fingerprint density at radius 2 is 1.91 bits per heavy atom. The van der Waals surface area contributed by atoms with Crippen LogP contribution in [0, 0.1) is 0 Å². The van der Waals surface area contributed by atoms with E-state index in [2.05, 4.69) is 34.0 Å². The summed E-state index contributed by atoms with van der Waals surface area (Å²) in [5, 5.41) is 4.64. The van der Waals surface area contributed by atoms with Crippen LogP contribution in [-0.2, 0) is 27.8 Å². The Morgan fingerprint density at radius 1 is 1.12 bits per heavy atom. The molecule has 33 heavy (non-hydrogen) atoms. The van der Waals surface area contributed by atoms with Crippen molar-refractivity contribution in [2.75, 3.05) is 24.4 Å². The zero-order valence-corrected chi connectivity index (χ0v) is 20.0. The maximum atomic E-state index is 12.6. The van der Waals surface area contributed by atoms with Crippen LogP contribution in [0.5, 0.6) is 0 Å². The van der Waals surface area contributed by atoms with Gasteiger partial charge in [-0.05, 0) is 53.8 Å². The van der Waals surface area contributed by atoms with E-state index in [1.807, 2.05) is 12.1 Å². The molecule has 1 aliphatic rings. The number of amides is 1. The van der Waals surface area contributed by atoms with E-state index in [4.69, 9.17) is 4.74 Å². The first-order valence-corrected chi connectivity index (χ1v) is 13.1. The molecular formula is C24H27N3O4S2. The van der Waals surface area contributed by atoms with Crippen LogP contribution < -0.4 is 10.0 Å². The number of carbonyl (C=O) groups excluding carboxylic acids is 1. The van der Waals surface area contributed by atoms with Crippen LogP contribution in [0.1, 0.15) is 28.4 Å². The summed E-state index contributed by atoms with van der Waals surface area (Å²) in [7, 11) is -3.61. The number of sulfonamides is 1. The average molecular weight is 486 g/mol. The van der Waals surface area contributed by atoms with Gasteiger partial charge in [-0.25, -0.2) is 8.42 Å². The predicted molar refractivity (Wildman–Crippen MR) is 130 cm³/mol. The Morgan fingerprint density at radius 3 is 2.64 bits per heavy atom. The summed E-state index contributed by atoms with van der Waals surface area (Å²) in [4.78, 5) is 14.9. The summed E-state index contributed by atoms with van der Waals surface area (Å²) in [6.45, 7) is 5.96. The number of ether oxygens (including phenoxy) is 1. The normalized spacial score (nSPS) is 16.9. The molecule has 0 saturated carbocycles. The molecule has 1 atom stereocenters. The topological polar surface area (TPSA) is 87.7 Å². The largest absolute Gasteiger partial charge is 0.376 e. The summed E-state index contributed by atoms with van der Waals surface area (Å²) >= 11 is 1.15. The van der Waals surface area contributed by atoms with E-state index in [-0.39, 0.29) is 16.2 Å². The number of morpholine rings is 1. The van der Waals surface area contributed by atoms with Gasteiger partial charge in [0.05, 0.1) is 12.7 Å². The van der Waals surface area contributed by atoms with Gasteiger partial charge >= 0.3 is 0 Å². The fourth-order valence-corrected chi connectivity index (χ4v) is 5.78. The summed E-state index contributed by atoms with van der Waals surface area (Å²) in [6, 6.07) is 17.8. The first-order chi connectivity index (χ1) is 15.9. The van der Waals surface area contributed by atoms with Gasteiger partial charge < -0.3 is 10.1 Å². The SMILES string of the molecule is CC1CN(Cc2cccc(CNC(=O)c3ccc(NS(=O)(=O)c4cccs4)cc3)c2)CCO1. The van der Waals surface area contributed by atoms with Crippen molar-refractivity contribution < 1.29 is 17.9 Å². The van der Waals surface area contributed by atoms with E-state index in [0.717, 1.165) is 43.1 Å². The van der Waals surface area contributed by atoms with Crippen LogP contribution >= 0.6 is 11.3 Å². The lowest BCUT2D eigenvalue weighted by atomic mass is 10.1. The zero-order valence-electron chi connectivity index (χ0n) is 18.4. The van der Waals surface area contributed by atoms with Gasteiger partial charge in [-0.3, -0.25) is 14.4 Å². The quantitative estimate of drug-likeness (QED) is 0.508. The lowest BCUT2D eigenvalue weighted by Crippen LogP contribution is -2.40. The lowest BCUT2D eigenvalue weighted by molar-refractivity contribution is -0.0212. The zero-order chi connectivity index (χ0) is 23.3. The van der Waals surface area contributed by atoms with Crippen LogP contribution in [0.4, 0.5) is 5.69 Å². The molecule has 0 radical (unpaired) electrons. The van der Waals surface area contributed by atoms with Crippen molar-refractivity contribution >= 4 is 33.0 Å². The number of nitrogens with zero attached hydrogens (tertiary/aromatic N) is 1. The van der Waals surface area contributed by atoms with Crippen molar-refractivity contribution in [1.82, 2.24) is 10.2 Å². The van der Waals surface area contributed by atoms with Gasteiger partial charge in [-0.2, -0.15) is 0 Å². The molecule has 3 aromatic rings. The third kappa shape index (κ3) is 6.42. The molecule has 7 nitrogen and oxygen atoms in total. The number of hydrogen-bond acceptors (Lipinski definition) is 6. The molecule has 1 aromatic heterocycles. The summed E-state index contributed by atoms with van der Waals surface area (Å²) < 4.78 is 33.0. The molecule has 1 amide bonds. The van der Waals surface area contributed by atoms with E-state index >= 15 is 0 Å². The fourth-order valence-electron chi connectivity index (χ4n) is 3.73. The Kier molecular flexibility index (Phi) is 7.44. The highest BCUT2D eigenvalue weighted by atomic mass is 32.2. The Labute approximate surface area is 198 Å². The Balaban J connectivity index is 1.31. The van der Waals surface area contributed by atoms with Gasteiger partial charge in [-0.1, -0.05) is 30.3 Å². The van der Waals surface area contributed by atoms with Crippen LogP contribution in [0.3, 0.4) is 0 Å². The molecule has 2 aromatic carbocycles. The third-order valence-corrected chi connectivity index (χ3v) is 8.11. The molecule has 2 heterocycles. The molecule has 2 N–H and O–H groups in total. The van der Waals surface area contributed by atoms with Crippen molar-refractivity contribution in [3.63, 3.8) is 0 Å². The number of carbonyl (C=O) groups is 1. The minimum absolute atomic E-state index is 0.213. The van der Waals surface area contributed by atoms with Crippen molar-refractivity contribution in [1.29, 1.82) is 0 Å². The van der Waals surface area contributed by atoms with Crippen LogP contribution in [-0.4, -0.2) is 45.0 Å². The van der Waals surface area contributed by atoms with Crippen molar-refractivity contribution in [3.8, 4) is 0 Å². The first kappa shape index (κ1) is 23.4. The van der Waals surface area contributed by atoms with E-state index < -0.39 is 10.0 Å². The molecule has 9 heteroatoms. The highest BCUT2D eigenvalue weighted by Crippen LogP contribution is 2.20. The van der Waals surface area contributed by atoms with Gasteiger partial charge in [0.2, 0.25) is 0 Å². The molecule has 0 bridgehead atoms. The van der Waals surface area contributed by atoms with E-state index in [1.54, 1.807) is 41.8 Å². The number of rotatable bonds is 8. The highest BCUT2D eigenvalue weighted by Gasteiger charge is 2.17. The monoisotopic (exact) mass is 485 g/mol. The second-order valence-corrected chi connectivity index (χ2v) is 10.9. The molecule has 174 valence electrons. The summed E-state index contributed by atoms with van der Waals surface area (Å²) in [5.74, 6) is -0.213. The van der Waals surface area contributed by atoms with Crippen LogP contribution in [0.2, 0.25) is 0 Å². The number of anilines is 1. The average Bonchev–Trinajstić information content (AvgIpc) is 3.34. The molecule has 4 rings (SSSR count). The maximum Gasteiger partial charge on any atom is 0.271 e. The fraction of sp³-hybridized carbons (Fsp3) is 0.292. The molecule has 0 spiro atoms. The minimum Gasteiger partial charge on any atom is -0.376 e. The molecule has 1 fully saturated rings. The molecule has 0 aliphatic carbocycles. The third-order valence-electron chi connectivity index (χ3n) is 5.34. The van der Waals surface area contributed by atoms with Gasteiger partial charge in [-0.15, -0.1) is 11.3 Å². The summed E-state index contributed by atoms with van der Waals surface area (Å²) in [5.41, 5.74) is 3.11. The minimum atomic E-state index is -3.61. The smallest absolute Gasteiger partial charge is 0.271 e. The highest BCUT2D eigenvalue weighted by molar-refractivity contribution is 7.94. The van der Waals surface area contributed by atoms with Crippen LogP contribution in [0.25, 0.3) is 0 Å². The van der Waals surface area contributed by atoms with Gasteiger partial charge in [0.1, 0.15) is 4.21 Å². The first-order valence-electron chi connectivity index (χ1n) is 10.8. The molecular weight excluding hydrogens is 458 g/mol. The maximum absolute atomic E-state index is 12.6. The van der Waals surface area contributed by atoms with E-state index in [9.17, 15) is 13.2 Å². The molecule has 1 aliphatic heterocycles. The second kappa shape index (κ2) is 10.5. The van der Waals surface area contributed by atoms with Crippen LogP contribution in [0.15, 0.2) is 70.3 Å². The van der Waals surface area contributed by atoms with Crippen molar-refractivity contribution in [3.05, 3.63) is 82.7 Å². The number of benzene rings is 2. The molecule has 1 saturated heterocycles. The Hall–Kier alpha value is -2.72. The van der Waals surface area contributed by atoms with Gasteiger partial charge in [0.25, 0.3) is 15.9 Å². The predicted octanol–water partition coefficient (Wildman–Crippen LogP) is 3.70. The molecule has 1 unspecified atom stereocenters. The standard InChI is InChI=1S/C24H27N3O4S2/c1-18-16-27(11-12-31-18)17-20-5-2-4-19(14-20)15-25-24(28)21-7-9-22(10-8-21)26-33(29,30)23-6-3-13-32-23/h2-10,13-14,18,26H,11-12,15-17H2,1H3,(H,25,28). The van der Waals surface area contributed by atoms with Crippen molar-refractivity contribution in [2.24, 2.45) is 0 Å². The van der Waals surface area contributed by atoms with Crippen molar-refractivity contribution in [2.45, 2.75) is 30.3 Å². The second-order valence-electron chi connectivity index (χ2n) is 8.03. The summed E-state index contributed by atoms with van der Waals surface area (Å²) in [6.07, 6.45) is 0.249. The number of thiophene rings is 1. The van der Waals surface area contributed by atoms with Gasteiger partial charge in [0.15, 0.2) is 0 Å². The number of hydrogen-bond donors (Lipinski definition) is 2. The Bertz CT molecular complexity index is 1180. The van der Waals surface area contributed by atoms with E-state index in [0.29, 0.717) is 17.8 Å². The lowest BCUT2D eigenvalue weighted by Gasteiger charge is -2.31. The van der Waals surface area contributed by atoms with E-state index in [1.165, 1.54) is 5.56 Å². The number of nitrogens with one attached hydrogen (secondary N) is 2.